The molecule has 0 radical (unpaired) electrons. The van der Waals surface area contributed by atoms with Gasteiger partial charge in [0.1, 0.15) is 16.5 Å². The average molecular weight is 385 g/mol. The van der Waals surface area contributed by atoms with Crippen LogP contribution in [0.15, 0.2) is 56.0 Å². The molecule has 0 aliphatic carbocycles. The number of hydrogen-bond acceptors (Lipinski definition) is 8. The van der Waals surface area contributed by atoms with Crippen LogP contribution >= 0.6 is 23.1 Å². The number of ether oxygens (including phenoxy) is 1. The van der Waals surface area contributed by atoms with E-state index in [1.54, 1.807) is 24.7 Å². The van der Waals surface area contributed by atoms with Crippen LogP contribution in [0.25, 0.3) is 22.0 Å². The quantitative estimate of drug-likeness (QED) is 0.429. The molecule has 0 bridgehead atoms. The molecule has 8 heteroatoms. The summed E-state index contributed by atoms with van der Waals surface area (Å²) in [5.41, 5.74) is 2.77. The van der Waals surface area contributed by atoms with Gasteiger partial charge in [0.15, 0.2) is 0 Å². The third kappa shape index (κ3) is 3.38. The first-order valence-electron chi connectivity index (χ1n) is 7.83. The van der Waals surface area contributed by atoms with Crippen LogP contribution in [0.3, 0.4) is 0 Å². The third-order valence-corrected chi connectivity index (χ3v) is 5.50. The van der Waals surface area contributed by atoms with Gasteiger partial charge in [-0.3, -0.25) is 0 Å². The summed E-state index contributed by atoms with van der Waals surface area (Å²) < 4.78 is 16.4. The molecule has 0 unspecified atom stereocenters. The maximum atomic E-state index is 5.69. The van der Waals surface area contributed by atoms with Crippen molar-refractivity contribution in [3.63, 3.8) is 0 Å². The Kier molecular flexibility index (Phi) is 4.77. The Morgan fingerprint density at radius 2 is 2.04 bits per heavy atom. The van der Waals surface area contributed by atoms with Gasteiger partial charge >= 0.3 is 0 Å². The van der Waals surface area contributed by atoms with Crippen LogP contribution in [-0.2, 0) is 5.75 Å². The van der Waals surface area contributed by atoms with Gasteiger partial charge in [-0.25, -0.2) is 4.98 Å². The number of hydrogen-bond donors (Lipinski definition) is 0. The van der Waals surface area contributed by atoms with Gasteiger partial charge in [0.25, 0.3) is 11.1 Å². The van der Waals surface area contributed by atoms with E-state index in [1.807, 2.05) is 42.6 Å². The lowest BCUT2D eigenvalue weighted by Gasteiger charge is -2.04. The average Bonchev–Trinajstić information content (AvgIpc) is 3.40. The topological polar surface area (TPSA) is 74.2 Å². The summed E-state index contributed by atoms with van der Waals surface area (Å²) in [6.07, 6.45) is 1.61. The largest absolute Gasteiger partial charge is 0.496 e. The predicted octanol–water partition coefficient (Wildman–Crippen LogP) is 5.06. The maximum absolute atomic E-state index is 5.69. The lowest BCUT2D eigenvalue weighted by molar-refractivity contribution is 0.416. The number of rotatable bonds is 6. The van der Waals surface area contributed by atoms with Crippen molar-refractivity contribution in [2.75, 3.05) is 7.11 Å². The molecule has 0 aliphatic rings. The first-order valence-corrected chi connectivity index (χ1v) is 9.69. The number of thioether (sulfide) groups is 1. The van der Waals surface area contributed by atoms with Crippen LogP contribution in [0.2, 0.25) is 0 Å². The van der Waals surface area contributed by atoms with Crippen LogP contribution in [0.4, 0.5) is 0 Å². The van der Waals surface area contributed by atoms with Gasteiger partial charge in [-0.05, 0) is 25.1 Å². The number of aryl methyl sites for hydroxylation is 1. The molecule has 6 nitrogen and oxygen atoms in total. The molecule has 0 aliphatic heterocycles. The molecule has 0 fully saturated rings. The van der Waals surface area contributed by atoms with Crippen molar-refractivity contribution < 1.29 is 13.6 Å². The molecule has 0 spiro atoms. The fourth-order valence-corrected chi connectivity index (χ4v) is 4.05. The molecule has 3 aromatic heterocycles. The molecule has 3 heterocycles. The molecule has 4 aromatic rings. The zero-order valence-electron chi connectivity index (χ0n) is 14.1. The fraction of sp³-hybridized carbons (Fsp3) is 0.167. The summed E-state index contributed by atoms with van der Waals surface area (Å²) in [5.74, 6) is 2.69. The number of methoxy groups -OCH3 is 1. The molecule has 4 rings (SSSR count). The van der Waals surface area contributed by atoms with Crippen molar-refractivity contribution in [1.29, 1.82) is 0 Å². The van der Waals surface area contributed by atoms with E-state index in [1.165, 1.54) is 11.8 Å². The second-order valence-corrected chi connectivity index (χ2v) is 7.18. The second-order valence-electron chi connectivity index (χ2n) is 5.40. The standard InChI is InChI=1S/C18H15N3O3S2/c1-11-13(7-8-23-11)16-20-21-18(24-16)26-10-12-9-25-17(19-12)14-5-3-4-6-15(14)22-2/h3-9H,10H2,1-2H3. The van der Waals surface area contributed by atoms with Crippen molar-refractivity contribution in [3.8, 4) is 27.8 Å². The minimum atomic E-state index is 0.465. The Balaban J connectivity index is 1.46. The van der Waals surface area contributed by atoms with Crippen molar-refractivity contribution >= 4 is 23.1 Å². The van der Waals surface area contributed by atoms with Gasteiger partial charge in [-0.15, -0.1) is 21.5 Å². The highest BCUT2D eigenvalue weighted by Gasteiger charge is 2.14. The Hall–Kier alpha value is -2.58. The summed E-state index contributed by atoms with van der Waals surface area (Å²) >= 11 is 3.05. The van der Waals surface area contributed by atoms with Gasteiger partial charge in [0.05, 0.1) is 30.2 Å². The van der Waals surface area contributed by atoms with Crippen LogP contribution in [0.5, 0.6) is 5.75 Å². The molecular weight excluding hydrogens is 370 g/mol. The lowest BCUT2D eigenvalue weighted by Crippen LogP contribution is -1.87. The fourth-order valence-electron chi connectivity index (χ4n) is 2.44. The van der Waals surface area contributed by atoms with E-state index >= 15 is 0 Å². The summed E-state index contributed by atoms with van der Waals surface area (Å²) in [4.78, 5) is 4.69. The normalized spacial score (nSPS) is 11.0. The number of thiazole rings is 1. The minimum Gasteiger partial charge on any atom is -0.496 e. The van der Waals surface area contributed by atoms with Crippen LogP contribution < -0.4 is 4.74 Å². The molecule has 0 N–H and O–H groups in total. The van der Waals surface area contributed by atoms with E-state index in [0.717, 1.165) is 33.3 Å². The van der Waals surface area contributed by atoms with Gasteiger partial charge in [0, 0.05) is 11.1 Å². The summed E-state index contributed by atoms with van der Waals surface area (Å²) in [6.45, 7) is 1.86. The van der Waals surface area contributed by atoms with Crippen molar-refractivity contribution in [1.82, 2.24) is 15.2 Å². The van der Waals surface area contributed by atoms with E-state index in [-0.39, 0.29) is 0 Å². The number of para-hydroxylation sites is 1. The third-order valence-electron chi connectivity index (χ3n) is 3.73. The van der Waals surface area contributed by atoms with E-state index in [2.05, 4.69) is 15.2 Å². The van der Waals surface area contributed by atoms with E-state index in [0.29, 0.717) is 16.9 Å². The van der Waals surface area contributed by atoms with Crippen molar-refractivity contribution in [2.45, 2.75) is 17.9 Å². The summed E-state index contributed by atoms with van der Waals surface area (Å²) in [7, 11) is 1.66. The van der Waals surface area contributed by atoms with Crippen LogP contribution in [0, 0.1) is 6.92 Å². The van der Waals surface area contributed by atoms with Crippen LogP contribution in [-0.4, -0.2) is 22.3 Å². The highest BCUT2D eigenvalue weighted by molar-refractivity contribution is 7.98. The molecule has 0 saturated heterocycles. The molecule has 0 amide bonds. The van der Waals surface area contributed by atoms with Gasteiger partial charge in [-0.1, -0.05) is 23.9 Å². The molecule has 0 atom stereocenters. The van der Waals surface area contributed by atoms with Gasteiger partial charge in [-0.2, -0.15) is 0 Å². The molecule has 132 valence electrons. The zero-order valence-corrected chi connectivity index (χ0v) is 15.8. The molecule has 26 heavy (non-hydrogen) atoms. The number of nitrogens with zero attached hydrogens (tertiary/aromatic N) is 3. The predicted molar refractivity (Wildman–Crippen MR) is 100 cm³/mol. The summed E-state index contributed by atoms with van der Waals surface area (Å²) in [5, 5.41) is 11.6. The Morgan fingerprint density at radius 3 is 2.85 bits per heavy atom. The number of aromatic nitrogens is 3. The minimum absolute atomic E-state index is 0.465. The first-order chi connectivity index (χ1) is 12.7. The maximum Gasteiger partial charge on any atom is 0.277 e. The smallest absolute Gasteiger partial charge is 0.277 e. The first kappa shape index (κ1) is 16.9. The summed E-state index contributed by atoms with van der Waals surface area (Å²) in [6, 6.07) is 9.68. The Morgan fingerprint density at radius 1 is 1.15 bits per heavy atom. The Labute approximate surface area is 158 Å². The van der Waals surface area contributed by atoms with E-state index < -0.39 is 0 Å². The lowest BCUT2D eigenvalue weighted by atomic mass is 10.2. The molecular formula is C18H15N3O3S2. The highest BCUT2D eigenvalue weighted by atomic mass is 32.2. The van der Waals surface area contributed by atoms with Crippen LogP contribution in [0.1, 0.15) is 11.5 Å². The number of benzene rings is 1. The van der Waals surface area contributed by atoms with Crippen molar-refractivity contribution in [2.24, 2.45) is 0 Å². The number of furan rings is 1. The van der Waals surface area contributed by atoms with Gasteiger partial charge < -0.3 is 13.6 Å². The monoisotopic (exact) mass is 385 g/mol. The molecule has 0 saturated carbocycles. The molecule has 1 aromatic carbocycles. The SMILES string of the molecule is COc1ccccc1-c1nc(CSc2nnc(-c3ccoc3C)o2)cs1. The van der Waals surface area contributed by atoms with Crippen molar-refractivity contribution in [3.05, 3.63) is 53.4 Å². The second kappa shape index (κ2) is 7.35. The Bertz CT molecular complexity index is 1020. The van der Waals surface area contributed by atoms with E-state index in [9.17, 15) is 0 Å². The van der Waals surface area contributed by atoms with E-state index in [4.69, 9.17) is 13.6 Å². The zero-order chi connectivity index (χ0) is 17.9. The highest BCUT2D eigenvalue weighted by Crippen LogP contribution is 2.33. The van der Waals surface area contributed by atoms with Gasteiger partial charge in [0.2, 0.25) is 0 Å².